The Labute approximate surface area is 195 Å². The largest absolute Gasteiger partial charge is 0.416 e. The monoisotopic (exact) mass is 529 g/mol. The molecular formula is C21H18F7NO5S. The first-order valence-corrected chi connectivity index (χ1v) is 11.6. The Kier molecular flexibility index (Phi) is 7.21. The van der Waals surface area contributed by atoms with Gasteiger partial charge in [-0.25, -0.2) is 4.39 Å². The molecule has 0 aliphatic carbocycles. The van der Waals surface area contributed by atoms with Gasteiger partial charge in [-0.3, -0.25) is 8.98 Å². The number of ether oxygens (including phenoxy) is 1. The van der Waals surface area contributed by atoms with Crippen LogP contribution in [0, 0.1) is 5.82 Å². The Bertz CT molecular complexity index is 1160. The van der Waals surface area contributed by atoms with E-state index in [1.54, 1.807) is 0 Å². The molecule has 1 amide bonds. The lowest BCUT2D eigenvalue weighted by Gasteiger charge is -2.28. The SMILES string of the molecule is CS(=O)(=O)OCC[C@@]1(c2ccc(F)cc2)CN(C(=O)c2cc(C(F)(F)F)cc(C(F)(F)F)c2)CO1. The quantitative estimate of drug-likeness (QED) is 0.406. The number of halogens is 7. The minimum Gasteiger partial charge on any atom is -0.348 e. The molecule has 0 bridgehead atoms. The third-order valence-electron chi connectivity index (χ3n) is 5.24. The van der Waals surface area contributed by atoms with Crippen molar-refractivity contribution >= 4 is 16.0 Å². The van der Waals surface area contributed by atoms with Crippen molar-refractivity contribution in [1.29, 1.82) is 0 Å². The summed E-state index contributed by atoms with van der Waals surface area (Å²) in [6, 6.07) is 5.27. The van der Waals surface area contributed by atoms with E-state index in [4.69, 9.17) is 8.92 Å². The number of carbonyl (C=O) groups excluding carboxylic acids is 1. The normalized spacial score (nSPS) is 19.3. The molecule has 192 valence electrons. The van der Waals surface area contributed by atoms with Gasteiger partial charge in [0, 0.05) is 12.0 Å². The van der Waals surface area contributed by atoms with Crippen LogP contribution in [0.15, 0.2) is 42.5 Å². The van der Waals surface area contributed by atoms with E-state index in [2.05, 4.69) is 0 Å². The van der Waals surface area contributed by atoms with Crippen molar-refractivity contribution in [2.24, 2.45) is 0 Å². The molecular weight excluding hydrogens is 511 g/mol. The smallest absolute Gasteiger partial charge is 0.348 e. The van der Waals surface area contributed by atoms with Crippen molar-refractivity contribution in [3.05, 3.63) is 70.5 Å². The number of alkyl halides is 6. The molecule has 1 saturated heterocycles. The predicted molar refractivity (Wildman–Crippen MR) is 107 cm³/mol. The second-order valence-electron chi connectivity index (χ2n) is 7.85. The molecule has 35 heavy (non-hydrogen) atoms. The highest BCUT2D eigenvalue weighted by Gasteiger charge is 2.44. The van der Waals surface area contributed by atoms with Crippen molar-refractivity contribution in [3.8, 4) is 0 Å². The molecule has 0 N–H and O–H groups in total. The van der Waals surface area contributed by atoms with E-state index in [-0.39, 0.29) is 19.0 Å². The van der Waals surface area contributed by atoms with Crippen LogP contribution in [0.1, 0.15) is 33.5 Å². The Morgan fingerprint density at radius 1 is 1.03 bits per heavy atom. The third kappa shape index (κ3) is 6.49. The van der Waals surface area contributed by atoms with Gasteiger partial charge in [0.15, 0.2) is 0 Å². The van der Waals surface area contributed by atoms with Crippen molar-refractivity contribution in [3.63, 3.8) is 0 Å². The van der Waals surface area contributed by atoms with Gasteiger partial charge in [0.05, 0.1) is 30.5 Å². The Morgan fingerprint density at radius 2 is 1.57 bits per heavy atom. The van der Waals surface area contributed by atoms with Crippen LogP contribution < -0.4 is 0 Å². The molecule has 1 atom stereocenters. The number of benzene rings is 2. The molecule has 2 aromatic carbocycles. The fraction of sp³-hybridized carbons (Fsp3) is 0.381. The van der Waals surface area contributed by atoms with Crippen LogP contribution >= 0.6 is 0 Å². The van der Waals surface area contributed by atoms with Gasteiger partial charge < -0.3 is 9.64 Å². The van der Waals surface area contributed by atoms with E-state index in [0.29, 0.717) is 17.7 Å². The van der Waals surface area contributed by atoms with Crippen LogP contribution in [0.3, 0.4) is 0 Å². The lowest BCUT2D eigenvalue weighted by atomic mass is 9.90. The molecule has 0 saturated carbocycles. The van der Waals surface area contributed by atoms with E-state index in [0.717, 1.165) is 23.3 Å². The first-order chi connectivity index (χ1) is 16.0. The summed E-state index contributed by atoms with van der Waals surface area (Å²) in [4.78, 5) is 13.8. The highest BCUT2D eigenvalue weighted by atomic mass is 32.2. The summed E-state index contributed by atoms with van der Waals surface area (Å²) in [7, 11) is -3.85. The summed E-state index contributed by atoms with van der Waals surface area (Å²) >= 11 is 0. The van der Waals surface area contributed by atoms with Crippen LogP contribution in [0.4, 0.5) is 30.7 Å². The third-order valence-corrected chi connectivity index (χ3v) is 5.83. The van der Waals surface area contributed by atoms with E-state index in [9.17, 15) is 43.9 Å². The van der Waals surface area contributed by atoms with Gasteiger partial charge in [0.25, 0.3) is 16.0 Å². The zero-order chi connectivity index (χ0) is 26.2. The van der Waals surface area contributed by atoms with Gasteiger partial charge in [-0.05, 0) is 35.9 Å². The van der Waals surface area contributed by atoms with Gasteiger partial charge in [-0.2, -0.15) is 34.8 Å². The van der Waals surface area contributed by atoms with Crippen molar-refractivity contribution in [1.82, 2.24) is 4.90 Å². The maximum atomic E-state index is 13.4. The number of rotatable bonds is 6. The second-order valence-corrected chi connectivity index (χ2v) is 9.49. The van der Waals surface area contributed by atoms with E-state index >= 15 is 0 Å². The average molecular weight is 529 g/mol. The fourth-order valence-corrected chi connectivity index (χ4v) is 3.96. The topological polar surface area (TPSA) is 72.9 Å². The minimum absolute atomic E-state index is 0.0946. The molecule has 3 rings (SSSR count). The summed E-state index contributed by atoms with van der Waals surface area (Å²) < 4.78 is 126. The van der Waals surface area contributed by atoms with E-state index in [1.807, 2.05) is 0 Å². The fourth-order valence-electron chi connectivity index (χ4n) is 3.57. The molecule has 0 unspecified atom stereocenters. The molecule has 1 fully saturated rings. The van der Waals surface area contributed by atoms with Gasteiger partial charge >= 0.3 is 12.4 Å². The van der Waals surface area contributed by atoms with Gasteiger partial charge in [0.2, 0.25) is 0 Å². The molecule has 14 heteroatoms. The Morgan fingerprint density at radius 3 is 2.06 bits per heavy atom. The van der Waals surface area contributed by atoms with Crippen LogP contribution in [0.5, 0.6) is 0 Å². The van der Waals surface area contributed by atoms with Crippen LogP contribution in [0.2, 0.25) is 0 Å². The number of amides is 1. The van der Waals surface area contributed by atoms with Gasteiger partial charge in [-0.15, -0.1) is 0 Å². The molecule has 1 heterocycles. The zero-order valence-corrected chi connectivity index (χ0v) is 18.7. The minimum atomic E-state index is -5.14. The summed E-state index contributed by atoms with van der Waals surface area (Å²) in [6.45, 7) is -1.32. The lowest BCUT2D eigenvalue weighted by Crippen LogP contribution is -2.36. The highest BCUT2D eigenvalue weighted by molar-refractivity contribution is 7.85. The highest BCUT2D eigenvalue weighted by Crippen LogP contribution is 2.39. The number of carbonyl (C=O) groups is 1. The number of hydrogen-bond donors (Lipinski definition) is 0. The van der Waals surface area contributed by atoms with Crippen LogP contribution in [-0.2, 0) is 37.0 Å². The van der Waals surface area contributed by atoms with Crippen molar-refractivity contribution in [2.75, 3.05) is 26.1 Å². The number of hydrogen-bond acceptors (Lipinski definition) is 5. The van der Waals surface area contributed by atoms with Crippen molar-refractivity contribution < 1.29 is 52.9 Å². The molecule has 1 aliphatic heterocycles. The van der Waals surface area contributed by atoms with E-state index in [1.165, 1.54) is 12.1 Å². The first kappa shape index (κ1) is 26.9. The lowest BCUT2D eigenvalue weighted by molar-refractivity contribution is -0.143. The van der Waals surface area contributed by atoms with Crippen LogP contribution in [-0.4, -0.2) is 45.4 Å². The maximum absolute atomic E-state index is 13.4. The summed E-state index contributed by atoms with van der Waals surface area (Å²) in [5.41, 5.74) is -5.32. The molecule has 0 spiro atoms. The maximum Gasteiger partial charge on any atom is 0.416 e. The summed E-state index contributed by atoms with van der Waals surface area (Å²) in [5.74, 6) is -1.78. The van der Waals surface area contributed by atoms with Gasteiger partial charge in [-0.1, -0.05) is 12.1 Å². The Balaban J connectivity index is 1.95. The van der Waals surface area contributed by atoms with E-state index < -0.39 is 69.8 Å². The molecule has 0 aromatic heterocycles. The standard InChI is InChI=1S/C21H18F7NO5S/c1-35(31,32)34-7-6-19(14-2-4-17(22)5-3-14)11-29(12-33-19)18(30)13-8-15(20(23,24)25)10-16(9-13)21(26,27)28/h2-5,8-10H,6-7,11-12H2,1H3/t19-/m0/s1. The van der Waals surface area contributed by atoms with Crippen LogP contribution in [0.25, 0.3) is 0 Å². The second kappa shape index (κ2) is 9.39. The van der Waals surface area contributed by atoms with Gasteiger partial charge in [0.1, 0.15) is 18.1 Å². The number of nitrogens with zero attached hydrogens (tertiary/aromatic N) is 1. The molecule has 0 radical (unpaired) electrons. The molecule has 6 nitrogen and oxygen atoms in total. The Hall–Kier alpha value is -2.71. The average Bonchev–Trinajstić information content (AvgIpc) is 3.16. The zero-order valence-electron chi connectivity index (χ0n) is 17.9. The first-order valence-electron chi connectivity index (χ1n) is 9.83. The summed E-state index contributed by atoms with van der Waals surface area (Å²) in [6.07, 6.45) is -9.65. The summed E-state index contributed by atoms with van der Waals surface area (Å²) in [5, 5.41) is 0. The molecule has 2 aromatic rings. The molecule has 1 aliphatic rings. The van der Waals surface area contributed by atoms with Crippen molar-refractivity contribution in [2.45, 2.75) is 24.4 Å². The predicted octanol–water partition coefficient (Wildman–Crippen LogP) is 4.56.